The number of ether oxygens (including phenoxy) is 1. The smallest absolute Gasteiger partial charge is 0.146 e. The van der Waals surface area contributed by atoms with Gasteiger partial charge in [0.05, 0.1) is 9.89 Å². The number of halogens is 2. The Balaban J connectivity index is 2.20. The van der Waals surface area contributed by atoms with Gasteiger partial charge in [-0.25, -0.2) is 4.39 Å². The minimum absolute atomic E-state index is 0.141. The predicted molar refractivity (Wildman–Crippen MR) is 71.2 cm³/mol. The molecular weight excluding hydrogens is 299 g/mol. The van der Waals surface area contributed by atoms with Crippen molar-refractivity contribution in [2.75, 3.05) is 0 Å². The summed E-state index contributed by atoms with van der Waals surface area (Å²) in [5.41, 5.74) is -0.383. The van der Waals surface area contributed by atoms with Gasteiger partial charge in [0.15, 0.2) is 0 Å². The molecule has 0 saturated heterocycles. The third-order valence-electron chi connectivity index (χ3n) is 3.97. The van der Waals surface area contributed by atoms with E-state index in [0.29, 0.717) is 16.6 Å². The van der Waals surface area contributed by atoms with E-state index in [9.17, 15) is 9.18 Å². The van der Waals surface area contributed by atoms with Crippen molar-refractivity contribution in [2.24, 2.45) is 5.41 Å². The van der Waals surface area contributed by atoms with E-state index in [-0.39, 0.29) is 23.1 Å². The van der Waals surface area contributed by atoms with Gasteiger partial charge in [-0.1, -0.05) is 13.8 Å². The highest BCUT2D eigenvalue weighted by atomic mass is 79.9. The molecule has 1 aliphatic carbocycles. The third-order valence-corrected chi connectivity index (χ3v) is 4.62. The molecule has 4 heteroatoms. The number of hydrogen-bond donors (Lipinski definition) is 0. The monoisotopic (exact) mass is 314 g/mol. The molecule has 0 aromatic heterocycles. The first-order valence-corrected chi connectivity index (χ1v) is 6.97. The van der Waals surface area contributed by atoms with E-state index in [1.54, 1.807) is 6.07 Å². The molecule has 0 spiro atoms. The molecule has 2 rings (SSSR count). The average Bonchev–Trinajstić information content (AvgIpc) is 2.35. The van der Waals surface area contributed by atoms with Gasteiger partial charge < -0.3 is 4.74 Å². The molecule has 18 heavy (non-hydrogen) atoms. The standard InChI is InChI=1S/C14H16BrFO2/c1-3-14(4-2)12(17)8-13(14)18-11-7-9(16)5-6-10(11)15/h5-7,13H,3-4,8H2,1-2H3. The van der Waals surface area contributed by atoms with Crippen LogP contribution in [0.4, 0.5) is 4.39 Å². The zero-order valence-corrected chi connectivity index (χ0v) is 12.1. The Kier molecular flexibility index (Phi) is 3.76. The Morgan fingerprint density at radius 2 is 2.11 bits per heavy atom. The SMILES string of the molecule is CCC1(CC)C(=O)CC1Oc1cc(F)ccc1Br. The highest BCUT2D eigenvalue weighted by Gasteiger charge is 2.53. The number of carbonyl (C=O) groups is 1. The molecule has 0 bridgehead atoms. The summed E-state index contributed by atoms with van der Waals surface area (Å²) >= 11 is 3.33. The van der Waals surface area contributed by atoms with Crippen LogP contribution in [0.5, 0.6) is 5.75 Å². The maximum Gasteiger partial charge on any atom is 0.146 e. The van der Waals surface area contributed by atoms with Crippen LogP contribution in [-0.4, -0.2) is 11.9 Å². The first-order valence-electron chi connectivity index (χ1n) is 6.18. The van der Waals surface area contributed by atoms with E-state index in [2.05, 4.69) is 15.9 Å². The lowest BCUT2D eigenvalue weighted by Gasteiger charge is -2.46. The zero-order valence-electron chi connectivity index (χ0n) is 10.5. The topological polar surface area (TPSA) is 26.3 Å². The van der Waals surface area contributed by atoms with Gasteiger partial charge in [-0.15, -0.1) is 0 Å². The Hall–Kier alpha value is -0.900. The molecule has 1 atom stereocenters. The maximum atomic E-state index is 13.2. The Labute approximate surface area is 115 Å². The lowest BCUT2D eigenvalue weighted by atomic mass is 9.61. The summed E-state index contributed by atoms with van der Waals surface area (Å²) in [6, 6.07) is 4.34. The van der Waals surface area contributed by atoms with E-state index >= 15 is 0 Å². The summed E-state index contributed by atoms with van der Waals surface area (Å²) in [5.74, 6) is 0.390. The molecular formula is C14H16BrFO2. The van der Waals surface area contributed by atoms with Crippen LogP contribution in [0, 0.1) is 11.2 Å². The number of Topliss-reactive ketones (excluding diaryl/α,β-unsaturated/α-hetero) is 1. The molecule has 0 radical (unpaired) electrons. The minimum Gasteiger partial charge on any atom is -0.488 e. The summed E-state index contributed by atoms with van der Waals surface area (Å²) in [7, 11) is 0. The average molecular weight is 315 g/mol. The van der Waals surface area contributed by atoms with E-state index in [0.717, 1.165) is 12.8 Å². The van der Waals surface area contributed by atoms with Crippen LogP contribution in [-0.2, 0) is 4.79 Å². The van der Waals surface area contributed by atoms with Crippen molar-refractivity contribution in [3.63, 3.8) is 0 Å². The Bertz CT molecular complexity index is 469. The zero-order chi connectivity index (χ0) is 13.3. The molecule has 1 unspecified atom stereocenters. The first kappa shape index (κ1) is 13.5. The van der Waals surface area contributed by atoms with Gasteiger partial charge in [-0.3, -0.25) is 4.79 Å². The summed E-state index contributed by atoms with van der Waals surface area (Å²) < 4.78 is 19.7. The van der Waals surface area contributed by atoms with Crippen molar-refractivity contribution in [3.8, 4) is 5.75 Å². The molecule has 2 nitrogen and oxygen atoms in total. The fourth-order valence-corrected chi connectivity index (χ4v) is 2.93. The molecule has 1 saturated carbocycles. The van der Waals surface area contributed by atoms with E-state index in [1.807, 2.05) is 13.8 Å². The van der Waals surface area contributed by atoms with E-state index in [4.69, 9.17) is 4.74 Å². The van der Waals surface area contributed by atoms with Crippen LogP contribution in [0.2, 0.25) is 0 Å². The molecule has 1 aliphatic rings. The van der Waals surface area contributed by atoms with E-state index in [1.165, 1.54) is 12.1 Å². The molecule has 1 fully saturated rings. The molecule has 1 aromatic carbocycles. The number of hydrogen-bond acceptors (Lipinski definition) is 2. The fourth-order valence-electron chi connectivity index (χ4n) is 2.59. The summed E-state index contributed by atoms with van der Waals surface area (Å²) in [6.45, 7) is 4.00. The Morgan fingerprint density at radius 1 is 1.44 bits per heavy atom. The summed E-state index contributed by atoms with van der Waals surface area (Å²) in [5, 5.41) is 0. The van der Waals surface area contributed by atoms with Crippen molar-refractivity contribution in [2.45, 2.75) is 39.2 Å². The highest BCUT2D eigenvalue weighted by Crippen LogP contribution is 2.46. The van der Waals surface area contributed by atoms with Crippen LogP contribution < -0.4 is 4.74 Å². The summed E-state index contributed by atoms with van der Waals surface area (Å²) in [6.07, 6.45) is 1.81. The van der Waals surface area contributed by atoms with Gasteiger partial charge in [-0.05, 0) is 40.9 Å². The molecule has 0 amide bonds. The number of ketones is 1. The normalized spacial score (nSPS) is 21.6. The van der Waals surface area contributed by atoms with Crippen molar-refractivity contribution in [3.05, 3.63) is 28.5 Å². The van der Waals surface area contributed by atoms with Crippen molar-refractivity contribution in [1.82, 2.24) is 0 Å². The van der Waals surface area contributed by atoms with Gasteiger partial charge in [0.2, 0.25) is 0 Å². The predicted octanol–water partition coefficient (Wildman–Crippen LogP) is 4.11. The number of rotatable bonds is 4. The Morgan fingerprint density at radius 3 is 2.67 bits per heavy atom. The van der Waals surface area contributed by atoms with Gasteiger partial charge in [-0.2, -0.15) is 0 Å². The minimum atomic E-state index is -0.383. The molecule has 1 aromatic rings. The second-order valence-corrected chi connectivity index (χ2v) is 5.53. The fraction of sp³-hybridized carbons (Fsp3) is 0.500. The highest BCUT2D eigenvalue weighted by molar-refractivity contribution is 9.10. The quantitative estimate of drug-likeness (QED) is 0.835. The van der Waals surface area contributed by atoms with Crippen LogP contribution in [0.15, 0.2) is 22.7 Å². The number of carbonyl (C=O) groups excluding carboxylic acids is 1. The lowest BCUT2D eigenvalue weighted by Crippen LogP contribution is -2.56. The van der Waals surface area contributed by atoms with Crippen LogP contribution in [0.1, 0.15) is 33.1 Å². The first-order chi connectivity index (χ1) is 8.53. The third kappa shape index (κ3) is 2.07. The van der Waals surface area contributed by atoms with Crippen LogP contribution in [0.3, 0.4) is 0 Å². The summed E-state index contributed by atoms with van der Waals surface area (Å²) in [4.78, 5) is 11.8. The van der Waals surface area contributed by atoms with Crippen LogP contribution in [0.25, 0.3) is 0 Å². The molecule has 0 N–H and O–H groups in total. The van der Waals surface area contributed by atoms with Gasteiger partial charge in [0.25, 0.3) is 0 Å². The van der Waals surface area contributed by atoms with Gasteiger partial charge >= 0.3 is 0 Å². The van der Waals surface area contributed by atoms with Gasteiger partial charge in [0, 0.05) is 12.5 Å². The molecule has 0 heterocycles. The van der Waals surface area contributed by atoms with Crippen molar-refractivity contribution >= 4 is 21.7 Å². The second kappa shape index (κ2) is 5.00. The lowest BCUT2D eigenvalue weighted by molar-refractivity contribution is -0.153. The largest absolute Gasteiger partial charge is 0.488 e. The maximum absolute atomic E-state index is 13.2. The number of benzene rings is 1. The second-order valence-electron chi connectivity index (χ2n) is 4.67. The van der Waals surface area contributed by atoms with Gasteiger partial charge in [0.1, 0.15) is 23.5 Å². The molecule has 98 valence electrons. The molecule has 0 aliphatic heterocycles. The van der Waals surface area contributed by atoms with Crippen molar-refractivity contribution < 1.29 is 13.9 Å². The van der Waals surface area contributed by atoms with E-state index < -0.39 is 0 Å². The van der Waals surface area contributed by atoms with Crippen molar-refractivity contribution in [1.29, 1.82) is 0 Å². The van der Waals surface area contributed by atoms with Crippen LogP contribution >= 0.6 is 15.9 Å².